The van der Waals surface area contributed by atoms with E-state index in [1.807, 2.05) is 0 Å². The van der Waals surface area contributed by atoms with Gasteiger partial charge in [0, 0.05) is 37.0 Å². The summed E-state index contributed by atoms with van der Waals surface area (Å²) in [5.74, 6) is 1.26. The van der Waals surface area contributed by atoms with Gasteiger partial charge in [-0.2, -0.15) is 0 Å². The molecule has 0 saturated heterocycles. The summed E-state index contributed by atoms with van der Waals surface area (Å²) in [6, 6.07) is 23.6. The van der Waals surface area contributed by atoms with E-state index in [2.05, 4.69) is 89.1 Å². The van der Waals surface area contributed by atoms with Crippen LogP contribution in [0.5, 0.6) is 5.75 Å². The first-order valence-corrected chi connectivity index (χ1v) is 12.1. The minimum Gasteiger partial charge on any atom is -0.493 e. The summed E-state index contributed by atoms with van der Waals surface area (Å²) >= 11 is 0. The van der Waals surface area contributed by atoms with Gasteiger partial charge in [0.25, 0.3) is 0 Å². The van der Waals surface area contributed by atoms with Gasteiger partial charge in [-0.25, -0.2) is 0 Å². The van der Waals surface area contributed by atoms with Crippen molar-refractivity contribution in [3.8, 4) is 5.75 Å². The van der Waals surface area contributed by atoms with Gasteiger partial charge in [0.1, 0.15) is 5.75 Å². The molecule has 0 fully saturated rings. The van der Waals surface area contributed by atoms with Crippen LogP contribution in [0.1, 0.15) is 30.4 Å². The van der Waals surface area contributed by atoms with Crippen molar-refractivity contribution in [1.29, 1.82) is 0 Å². The van der Waals surface area contributed by atoms with Crippen LogP contribution in [0.25, 0.3) is 10.8 Å². The number of carbonyl (C=O) groups excluding carboxylic acids is 1. The Morgan fingerprint density at radius 1 is 0.939 bits per heavy atom. The first-order chi connectivity index (χ1) is 16.3. The molecule has 1 aliphatic heterocycles. The van der Waals surface area contributed by atoms with Crippen LogP contribution in [-0.4, -0.2) is 36.5 Å². The van der Waals surface area contributed by atoms with Crippen LogP contribution in [0, 0.1) is 5.92 Å². The summed E-state index contributed by atoms with van der Waals surface area (Å²) in [6.07, 6.45) is 7.89. The number of hydrogen-bond donors (Lipinski definition) is 1. The van der Waals surface area contributed by atoms with Crippen molar-refractivity contribution in [3.05, 3.63) is 90.0 Å². The topological polar surface area (TPSA) is 41.6 Å². The molecule has 1 aliphatic carbocycles. The number of fused-ring (bicyclic) bond motifs is 2. The van der Waals surface area contributed by atoms with E-state index in [-0.39, 0.29) is 11.8 Å². The fourth-order valence-electron chi connectivity index (χ4n) is 5.07. The molecule has 3 aromatic carbocycles. The summed E-state index contributed by atoms with van der Waals surface area (Å²) in [5, 5.41) is 5.61. The summed E-state index contributed by atoms with van der Waals surface area (Å²) in [7, 11) is 0. The predicted molar refractivity (Wildman–Crippen MR) is 133 cm³/mol. The molecule has 1 heterocycles. The van der Waals surface area contributed by atoms with E-state index in [0.29, 0.717) is 19.2 Å². The van der Waals surface area contributed by atoms with E-state index in [9.17, 15) is 4.79 Å². The number of carbonyl (C=O) groups is 1. The van der Waals surface area contributed by atoms with Gasteiger partial charge >= 0.3 is 0 Å². The molecule has 33 heavy (non-hydrogen) atoms. The molecule has 1 atom stereocenters. The van der Waals surface area contributed by atoms with Crippen molar-refractivity contribution in [2.24, 2.45) is 5.92 Å². The van der Waals surface area contributed by atoms with E-state index in [4.69, 9.17) is 4.74 Å². The number of rotatable bonds is 8. The lowest BCUT2D eigenvalue weighted by Gasteiger charge is -2.37. The average Bonchev–Trinajstić information content (AvgIpc) is 3.40. The maximum absolute atomic E-state index is 12.6. The van der Waals surface area contributed by atoms with Gasteiger partial charge in [-0.1, -0.05) is 72.8 Å². The van der Waals surface area contributed by atoms with Crippen molar-refractivity contribution in [2.45, 2.75) is 38.3 Å². The van der Waals surface area contributed by atoms with E-state index >= 15 is 0 Å². The number of ether oxygens (including phenoxy) is 1. The number of amides is 1. The quantitative estimate of drug-likeness (QED) is 0.391. The normalized spacial score (nSPS) is 18.4. The lowest BCUT2D eigenvalue weighted by atomic mass is 9.93. The van der Waals surface area contributed by atoms with Gasteiger partial charge in [-0.3, -0.25) is 9.69 Å². The smallest absolute Gasteiger partial charge is 0.223 e. The molecule has 0 bridgehead atoms. The van der Waals surface area contributed by atoms with E-state index in [1.165, 1.54) is 16.5 Å². The highest BCUT2D eigenvalue weighted by Gasteiger charge is 2.27. The zero-order valence-electron chi connectivity index (χ0n) is 19.1. The molecule has 0 radical (unpaired) electrons. The zero-order valence-corrected chi connectivity index (χ0v) is 19.1. The van der Waals surface area contributed by atoms with Gasteiger partial charge in [-0.05, 0) is 48.3 Å². The predicted octanol–water partition coefficient (Wildman–Crippen LogP) is 5.12. The van der Waals surface area contributed by atoms with Crippen LogP contribution in [0.3, 0.4) is 0 Å². The fraction of sp³-hybridized carbons (Fsp3) is 0.345. The minimum absolute atomic E-state index is 0.114. The summed E-state index contributed by atoms with van der Waals surface area (Å²) in [5.41, 5.74) is 2.80. The third-order valence-corrected chi connectivity index (χ3v) is 6.95. The second-order valence-electron chi connectivity index (χ2n) is 9.16. The monoisotopic (exact) mass is 440 g/mol. The number of allylic oxidation sites excluding steroid dienone is 2. The summed E-state index contributed by atoms with van der Waals surface area (Å²) in [6.45, 7) is 3.26. The van der Waals surface area contributed by atoms with Crippen LogP contribution in [0.15, 0.2) is 78.9 Å². The maximum Gasteiger partial charge on any atom is 0.223 e. The number of hydrogen-bond acceptors (Lipinski definition) is 3. The molecule has 4 heteroatoms. The SMILES string of the molecule is O=C(NCC1Cc2ccccc2CN1CCCOc1cccc2ccccc12)C1CC=CC1. The van der Waals surface area contributed by atoms with Crippen molar-refractivity contribution in [2.75, 3.05) is 19.7 Å². The maximum atomic E-state index is 12.6. The van der Waals surface area contributed by atoms with Crippen molar-refractivity contribution < 1.29 is 9.53 Å². The third kappa shape index (κ3) is 5.12. The lowest BCUT2D eigenvalue weighted by Crippen LogP contribution is -2.48. The highest BCUT2D eigenvalue weighted by atomic mass is 16.5. The molecular weight excluding hydrogens is 408 g/mol. The molecule has 0 spiro atoms. The number of nitrogens with zero attached hydrogens (tertiary/aromatic N) is 1. The first-order valence-electron chi connectivity index (χ1n) is 12.1. The summed E-state index contributed by atoms with van der Waals surface area (Å²) in [4.78, 5) is 15.1. The van der Waals surface area contributed by atoms with Gasteiger partial charge in [-0.15, -0.1) is 0 Å². The highest BCUT2D eigenvalue weighted by molar-refractivity contribution is 5.88. The molecule has 1 amide bonds. The minimum atomic E-state index is 0.114. The van der Waals surface area contributed by atoms with Crippen molar-refractivity contribution in [3.63, 3.8) is 0 Å². The molecule has 3 aromatic rings. The number of nitrogens with one attached hydrogen (secondary N) is 1. The Morgan fingerprint density at radius 2 is 1.70 bits per heavy atom. The second-order valence-corrected chi connectivity index (χ2v) is 9.16. The molecule has 4 nitrogen and oxygen atoms in total. The molecule has 5 rings (SSSR count). The van der Waals surface area contributed by atoms with E-state index < -0.39 is 0 Å². The van der Waals surface area contributed by atoms with Crippen molar-refractivity contribution in [1.82, 2.24) is 10.2 Å². The van der Waals surface area contributed by atoms with Gasteiger partial charge in [0.05, 0.1) is 6.61 Å². The average molecular weight is 441 g/mol. The van der Waals surface area contributed by atoms with E-state index in [0.717, 1.165) is 49.9 Å². The molecule has 0 aromatic heterocycles. The molecular formula is C29H32N2O2. The van der Waals surface area contributed by atoms with Gasteiger partial charge in [0.15, 0.2) is 0 Å². The van der Waals surface area contributed by atoms with Crippen LogP contribution in [0.4, 0.5) is 0 Å². The van der Waals surface area contributed by atoms with Crippen LogP contribution >= 0.6 is 0 Å². The molecule has 0 saturated carbocycles. The Kier molecular flexibility index (Phi) is 6.73. The standard InChI is InChI=1S/C29H32N2O2/c32-29(23-10-1-2-11-23)30-20-26-19-24-12-3-4-13-25(24)21-31(26)17-8-18-33-28-16-7-14-22-9-5-6-15-27(22)28/h1-7,9,12-16,23,26H,8,10-11,17-21H2,(H,30,32). The number of benzene rings is 3. The molecule has 1 N–H and O–H groups in total. The largest absolute Gasteiger partial charge is 0.493 e. The Labute approximate surface area is 196 Å². The Bertz CT molecular complexity index is 1130. The first kappa shape index (κ1) is 21.7. The molecule has 2 aliphatic rings. The second kappa shape index (κ2) is 10.2. The fourth-order valence-corrected chi connectivity index (χ4v) is 5.07. The zero-order chi connectivity index (χ0) is 22.5. The third-order valence-electron chi connectivity index (χ3n) is 6.95. The Balaban J connectivity index is 1.19. The highest BCUT2D eigenvalue weighted by Crippen LogP contribution is 2.26. The molecule has 1 unspecified atom stereocenters. The van der Waals surface area contributed by atoms with Crippen molar-refractivity contribution >= 4 is 16.7 Å². The summed E-state index contributed by atoms with van der Waals surface area (Å²) < 4.78 is 6.18. The Hall–Kier alpha value is -3.11. The van der Waals surface area contributed by atoms with Crippen LogP contribution < -0.4 is 10.1 Å². The van der Waals surface area contributed by atoms with Crippen LogP contribution in [0.2, 0.25) is 0 Å². The van der Waals surface area contributed by atoms with Crippen LogP contribution in [-0.2, 0) is 17.8 Å². The van der Waals surface area contributed by atoms with Gasteiger partial charge < -0.3 is 10.1 Å². The lowest BCUT2D eigenvalue weighted by molar-refractivity contribution is -0.124. The van der Waals surface area contributed by atoms with Gasteiger partial charge in [0.2, 0.25) is 5.91 Å². The molecule has 170 valence electrons. The Morgan fingerprint density at radius 3 is 2.58 bits per heavy atom. The van der Waals surface area contributed by atoms with E-state index in [1.54, 1.807) is 0 Å².